The summed E-state index contributed by atoms with van der Waals surface area (Å²) in [5.74, 6) is -0.198. The standard InChI is InChI=1S/C22H36F2O3/c1-5-6-20-12-11-19(14-27-20)18-9-7-17(8-10-18)13-26-16(3)22(24)21(23)15(2)25-4/h17-20H,5-14H2,1-4H3/b21-15-,22-16-. The largest absolute Gasteiger partial charge is 0.498 e. The van der Waals surface area contributed by atoms with Crippen LogP contribution in [0.25, 0.3) is 0 Å². The predicted octanol–water partition coefficient (Wildman–Crippen LogP) is 6.45. The number of rotatable bonds is 8. The molecular formula is C22H36F2O3. The van der Waals surface area contributed by atoms with Gasteiger partial charge in [0.2, 0.25) is 0 Å². The van der Waals surface area contributed by atoms with Crippen LogP contribution in [0.4, 0.5) is 8.78 Å². The Labute approximate surface area is 163 Å². The Bertz CT molecular complexity index is 514. The molecule has 1 aliphatic carbocycles. The second-order valence-corrected chi connectivity index (χ2v) is 8.12. The summed E-state index contributed by atoms with van der Waals surface area (Å²) >= 11 is 0. The first kappa shape index (κ1) is 22.2. The molecule has 2 aliphatic rings. The van der Waals surface area contributed by atoms with Crippen molar-refractivity contribution in [3.63, 3.8) is 0 Å². The lowest BCUT2D eigenvalue weighted by Crippen LogP contribution is -2.32. The van der Waals surface area contributed by atoms with Crippen molar-refractivity contribution in [2.45, 2.75) is 78.2 Å². The van der Waals surface area contributed by atoms with Crippen LogP contribution in [0.3, 0.4) is 0 Å². The van der Waals surface area contributed by atoms with Gasteiger partial charge in [-0.15, -0.1) is 0 Å². The van der Waals surface area contributed by atoms with Crippen LogP contribution in [-0.2, 0) is 14.2 Å². The zero-order valence-electron chi connectivity index (χ0n) is 17.4. The summed E-state index contributed by atoms with van der Waals surface area (Å²) < 4.78 is 44.1. The number of halogens is 2. The SMILES string of the molecule is CCCC1CCC(C2CCC(CO/C(C)=C(F)/C(F)=C(\C)OC)CC2)CO1. The van der Waals surface area contributed by atoms with Crippen molar-refractivity contribution in [1.29, 1.82) is 0 Å². The molecule has 0 amide bonds. The minimum atomic E-state index is -0.989. The quantitative estimate of drug-likeness (QED) is 0.354. The molecule has 0 aromatic carbocycles. The molecule has 2 unspecified atom stereocenters. The molecule has 1 saturated heterocycles. The molecule has 0 aromatic rings. The number of hydrogen-bond acceptors (Lipinski definition) is 3. The average molecular weight is 387 g/mol. The highest BCUT2D eigenvalue weighted by atomic mass is 19.2. The summed E-state index contributed by atoms with van der Waals surface area (Å²) in [5.41, 5.74) is 0. The van der Waals surface area contributed by atoms with Gasteiger partial charge in [0.25, 0.3) is 0 Å². The average Bonchev–Trinajstić information content (AvgIpc) is 2.71. The summed E-state index contributed by atoms with van der Waals surface area (Å²) in [5, 5.41) is 0. The Hall–Kier alpha value is -1.10. The maximum absolute atomic E-state index is 14.0. The van der Waals surface area contributed by atoms with Crippen LogP contribution >= 0.6 is 0 Å². The molecule has 2 atom stereocenters. The van der Waals surface area contributed by atoms with E-state index in [-0.39, 0.29) is 11.5 Å². The first-order valence-electron chi connectivity index (χ1n) is 10.5. The number of ether oxygens (including phenoxy) is 3. The Morgan fingerprint density at radius 2 is 1.56 bits per heavy atom. The maximum atomic E-state index is 14.0. The van der Waals surface area contributed by atoms with E-state index in [4.69, 9.17) is 14.2 Å². The molecule has 0 bridgehead atoms. The Kier molecular flexibility index (Phi) is 9.07. The van der Waals surface area contributed by atoms with E-state index in [9.17, 15) is 8.78 Å². The van der Waals surface area contributed by atoms with E-state index in [0.29, 0.717) is 24.5 Å². The third-order valence-corrected chi connectivity index (χ3v) is 6.23. The molecule has 2 rings (SSSR count). The second kappa shape index (κ2) is 11.0. The maximum Gasteiger partial charge on any atom is 0.199 e. The molecular weight excluding hydrogens is 350 g/mol. The molecule has 1 heterocycles. The van der Waals surface area contributed by atoms with E-state index >= 15 is 0 Å². The van der Waals surface area contributed by atoms with Gasteiger partial charge in [-0.1, -0.05) is 13.3 Å². The highest BCUT2D eigenvalue weighted by Crippen LogP contribution is 2.38. The summed E-state index contributed by atoms with van der Waals surface area (Å²) in [6.07, 6.45) is 9.87. The van der Waals surface area contributed by atoms with Crippen LogP contribution in [0, 0.1) is 17.8 Å². The van der Waals surface area contributed by atoms with Crippen LogP contribution in [-0.4, -0.2) is 26.4 Å². The van der Waals surface area contributed by atoms with Crippen molar-refractivity contribution in [2.24, 2.45) is 17.8 Å². The van der Waals surface area contributed by atoms with Crippen molar-refractivity contribution < 1.29 is 23.0 Å². The van der Waals surface area contributed by atoms with Gasteiger partial charge in [0.1, 0.15) is 11.5 Å². The van der Waals surface area contributed by atoms with E-state index in [1.165, 1.54) is 59.5 Å². The Morgan fingerprint density at radius 1 is 0.926 bits per heavy atom. The van der Waals surface area contributed by atoms with Gasteiger partial charge >= 0.3 is 0 Å². The van der Waals surface area contributed by atoms with E-state index < -0.39 is 11.7 Å². The number of allylic oxidation sites excluding steroid dienone is 4. The Balaban J connectivity index is 1.73. The topological polar surface area (TPSA) is 27.7 Å². The zero-order valence-corrected chi connectivity index (χ0v) is 17.4. The minimum Gasteiger partial charge on any atom is -0.498 e. The molecule has 1 saturated carbocycles. The molecule has 0 radical (unpaired) electrons. The molecule has 5 heteroatoms. The lowest BCUT2D eigenvalue weighted by Gasteiger charge is -2.37. The van der Waals surface area contributed by atoms with Crippen molar-refractivity contribution in [1.82, 2.24) is 0 Å². The normalized spacial score (nSPS) is 31.0. The van der Waals surface area contributed by atoms with Crippen LogP contribution in [0.1, 0.15) is 72.1 Å². The van der Waals surface area contributed by atoms with Gasteiger partial charge in [-0.25, -0.2) is 0 Å². The van der Waals surface area contributed by atoms with Gasteiger partial charge in [-0.3, -0.25) is 0 Å². The van der Waals surface area contributed by atoms with Gasteiger partial charge in [0.05, 0.1) is 26.4 Å². The first-order valence-corrected chi connectivity index (χ1v) is 10.5. The van der Waals surface area contributed by atoms with Crippen molar-refractivity contribution >= 4 is 0 Å². The number of methoxy groups -OCH3 is 1. The van der Waals surface area contributed by atoms with E-state index in [1.807, 2.05) is 0 Å². The molecule has 0 spiro atoms. The summed E-state index contributed by atoms with van der Waals surface area (Å²) in [6.45, 7) is 6.43. The highest BCUT2D eigenvalue weighted by Gasteiger charge is 2.31. The van der Waals surface area contributed by atoms with Crippen LogP contribution in [0.2, 0.25) is 0 Å². The smallest absolute Gasteiger partial charge is 0.199 e. The third kappa shape index (κ3) is 6.48. The molecule has 2 fully saturated rings. The molecule has 0 aromatic heterocycles. The summed E-state index contributed by atoms with van der Waals surface area (Å²) in [7, 11) is 1.32. The van der Waals surface area contributed by atoms with Crippen molar-refractivity contribution in [3.8, 4) is 0 Å². The van der Waals surface area contributed by atoms with Gasteiger partial charge < -0.3 is 14.2 Å². The molecule has 0 N–H and O–H groups in total. The highest BCUT2D eigenvalue weighted by molar-refractivity contribution is 5.23. The summed E-state index contributed by atoms with van der Waals surface area (Å²) in [4.78, 5) is 0. The monoisotopic (exact) mass is 386 g/mol. The van der Waals surface area contributed by atoms with Crippen LogP contribution < -0.4 is 0 Å². The van der Waals surface area contributed by atoms with Gasteiger partial charge in [-0.05, 0) is 76.5 Å². The molecule has 1 aliphatic heterocycles. The van der Waals surface area contributed by atoms with E-state index in [0.717, 1.165) is 25.4 Å². The number of hydrogen-bond donors (Lipinski definition) is 0. The van der Waals surface area contributed by atoms with Crippen molar-refractivity contribution in [2.75, 3.05) is 20.3 Å². The molecule has 27 heavy (non-hydrogen) atoms. The predicted molar refractivity (Wildman–Crippen MR) is 103 cm³/mol. The van der Waals surface area contributed by atoms with Gasteiger partial charge in [-0.2, -0.15) is 8.78 Å². The fourth-order valence-corrected chi connectivity index (χ4v) is 4.28. The minimum absolute atomic E-state index is 0.00586. The Morgan fingerprint density at radius 3 is 2.11 bits per heavy atom. The third-order valence-electron chi connectivity index (χ3n) is 6.23. The zero-order chi connectivity index (χ0) is 19.8. The van der Waals surface area contributed by atoms with Gasteiger partial charge in [0, 0.05) is 0 Å². The lowest BCUT2D eigenvalue weighted by molar-refractivity contribution is -0.0433. The second-order valence-electron chi connectivity index (χ2n) is 8.12. The van der Waals surface area contributed by atoms with E-state index in [1.54, 1.807) is 0 Å². The lowest BCUT2D eigenvalue weighted by atomic mass is 9.74. The van der Waals surface area contributed by atoms with Gasteiger partial charge in [0.15, 0.2) is 11.7 Å². The fourth-order valence-electron chi connectivity index (χ4n) is 4.28. The fraction of sp³-hybridized carbons (Fsp3) is 0.818. The van der Waals surface area contributed by atoms with Crippen LogP contribution in [0.15, 0.2) is 23.2 Å². The van der Waals surface area contributed by atoms with E-state index in [2.05, 4.69) is 6.92 Å². The summed E-state index contributed by atoms with van der Waals surface area (Å²) in [6, 6.07) is 0. The van der Waals surface area contributed by atoms with Crippen LogP contribution in [0.5, 0.6) is 0 Å². The van der Waals surface area contributed by atoms with Crippen molar-refractivity contribution in [3.05, 3.63) is 23.2 Å². The molecule has 3 nitrogen and oxygen atoms in total. The molecule has 156 valence electrons. The first-order chi connectivity index (χ1) is 13.0.